The van der Waals surface area contributed by atoms with Gasteiger partial charge in [0.05, 0.1) is 4.20 Å². The van der Waals surface area contributed by atoms with E-state index in [0.717, 1.165) is 12.0 Å². The Morgan fingerprint density at radius 3 is 2.41 bits per heavy atom. The zero-order valence-electron chi connectivity index (χ0n) is 10.6. The number of unbranched alkanes of at least 4 members (excludes halogenated alkanes) is 5. The van der Waals surface area contributed by atoms with Gasteiger partial charge in [-0.05, 0) is 18.4 Å². The summed E-state index contributed by atoms with van der Waals surface area (Å²) >= 11 is 9.43. The maximum absolute atomic E-state index is 5.15. The molecule has 0 atom stereocenters. The van der Waals surface area contributed by atoms with Gasteiger partial charge in [-0.25, -0.2) is 0 Å². The Kier molecular flexibility index (Phi) is 7.54. The third kappa shape index (κ3) is 5.69. The molecule has 0 bridgehead atoms. The smallest absolute Gasteiger partial charge is 0.0750 e. The summed E-state index contributed by atoms with van der Waals surface area (Å²) in [4.78, 5) is 0. The third-order valence-corrected chi connectivity index (χ3v) is 3.51. The van der Waals surface area contributed by atoms with E-state index >= 15 is 0 Å². The van der Waals surface area contributed by atoms with Crippen LogP contribution in [0.1, 0.15) is 56.6 Å². The maximum Gasteiger partial charge on any atom is 0.0750 e. The van der Waals surface area contributed by atoms with Crippen molar-refractivity contribution in [2.75, 3.05) is 0 Å². The molecule has 0 aliphatic carbocycles. The van der Waals surface area contributed by atoms with Crippen molar-refractivity contribution >= 4 is 29.0 Å². The fourth-order valence-corrected chi connectivity index (χ4v) is 2.46. The molecular formula is C15H22S2. The molecule has 0 heterocycles. The van der Waals surface area contributed by atoms with E-state index in [1.54, 1.807) is 0 Å². The van der Waals surface area contributed by atoms with Crippen molar-refractivity contribution in [2.24, 2.45) is 0 Å². The molecule has 0 aromatic heterocycles. The summed E-state index contributed by atoms with van der Waals surface area (Å²) in [7, 11) is 0. The zero-order chi connectivity index (χ0) is 12.5. The highest BCUT2D eigenvalue weighted by Gasteiger charge is 2.03. The van der Waals surface area contributed by atoms with Crippen LogP contribution in [0.5, 0.6) is 0 Å². The lowest BCUT2D eigenvalue weighted by Gasteiger charge is -2.07. The predicted molar refractivity (Wildman–Crippen MR) is 84.2 cm³/mol. The maximum atomic E-state index is 5.15. The van der Waals surface area contributed by atoms with Crippen LogP contribution >= 0.6 is 24.8 Å². The molecule has 0 nitrogen and oxygen atoms in total. The molecule has 0 amide bonds. The molecule has 0 saturated heterocycles. The molecule has 0 radical (unpaired) electrons. The van der Waals surface area contributed by atoms with Gasteiger partial charge in [0.2, 0.25) is 0 Å². The number of hydrogen-bond donors (Lipinski definition) is 1. The van der Waals surface area contributed by atoms with Gasteiger partial charge in [-0.3, -0.25) is 0 Å². The van der Waals surface area contributed by atoms with Gasteiger partial charge in [0.25, 0.3) is 0 Å². The standard InChI is InChI=1S/C15H22S2/c1-2-3-4-5-6-7-10-13-11-8-9-12-14(13)15(16)17/h8-9,11-12H,2-7,10H2,1H3,(H,16,17). The first-order chi connectivity index (χ1) is 8.25. The second kappa shape index (κ2) is 8.71. The Bertz CT molecular complexity index is 345. The van der Waals surface area contributed by atoms with Crippen LogP contribution < -0.4 is 0 Å². The molecular weight excluding hydrogens is 244 g/mol. The molecule has 1 aromatic rings. The molecule has 94 valence electrons. The van der Waals surface area contributed by atoms with Crippen LogP contribution in [-0.4, -0.2) is 4.20 Å². The lowest BCUT2D eigenvalue weighted by atomic mass is 10.0. The van der Waals surface area contributed by atoms with E-state index < -0.39 is 0 Å². The molecule has 0 saturated carbocycles. The highest BCUT2D eigenvalue weighted by molar-refractivity contribution is 8.11. The summed E-state index contributed by atoms with van der Waals surface area (Å²) < 4.78 is 0.714. The molecule has 0 spiro atoms. The van der Waals surface area contributed by atoms with Gasteiger partial charge in [0.15, 0.2) is 0 Å². The number of thiocarbonyl (C=S) groups is 1. The summed E-state index contributed by atoms with van der Waals surface area (Å²) in [6.07, 6.45) is 9.15. The molecule has 1 aromatic carbocycles. The van der Waals surface area contributed by atoms with Gasteiger partial charge in [0.1, 0.15) is 0 Å². The number of benzene rings is 1. The lowest BCUT2D eigenvalue weighted by Crippen LogP contribution is -1.96. The van der Waals surface area contributed by atoms with E-state index in [0.29, 0.717) is 4.20 Å². The zero-order valence-corrected chi connectivity index (χ0v) is 12.3. The third-order valence-electron chi connectivity index (χ3n) is 3.05. The first kappa shape index (κ1) is 14.7. The Morgan fingerprint density at radius 1 is 1.06 bits per heavy atom. The Morgan fingerprint density at radius 2 is 1.71 bits per heavy atom. The van der Waals surface area contributed by atoms with Gasteiger partial charge in [-0.1, -0.05) is 75.5 Å². The van der Waals surface area contributed by atoms with Crippen molar-refractivity contribution in [2.45, 2.75) is 51.9 Å². The van der Waals surface area contributed by atoms with Crippen LogP contribution in [0.25, 0.3) is 0 Å². The lowest BCUT2D eigenvalue weighted by molar-refractivity contribution is 0.607. The van der Waals surface area contributed by atoms with E-state index in [2.05, 4.69) is 37.8 Å². The van der Waals surface area contributed by atoms with Crippen molar-refractivity contribution in [1.29, 1.82) is 0 Å². The van der Waals surface area contributed by atoms with Crippen molar-refractivity contribution < 1.29 is 0 Å². The first-order valence-corrected chi connectivity index (χ1v) is 7.42. The summed E-state index contributed by atoms with van der Waals surface area (Å²) in [5.74, 6) is 0. The van der Waals surface area contributed by atoms with Crippen molar-refractivity contribution in [3.63, 3.8) is 0 Å². The van der Waals surface area contributed by atoms with Crippen LogP contribution in [-0.2, 0) is 6.42 Å². The van der Waals surface area contributed by atoms with E-state index in [-0.39, 0.29) is 0 Å². The predicted octanol–water partition coefficient (Wildman–Crippen LogP) is 5.19. The molecule has 0 unspecified atom stereocenters. The van der Waals surface area contributed by atoms with Gasteiger partial charge < -0.3 is 0 Å². The average Bonchev–Trinajstić information content (AvgIpc) is 2.34. The minimum atomic E-state index is 0.714. The first-order valence-electron chi connectivity index (χ1n) is 6.57. The largest absolute Gasteiger partial charge is 0.131 e. The second-order valence-corrected chi connectivity index (χ2v) is 5.64. The van der Waals surface area contributed by atoms with Gasteiger partial charge in [0, 0.05) is 5.56 Å². The molecule has 0 N–H and O–H groups in total. The molecule has 0 aliphatic heterocycles. The quantitative estimate of drug-likeness (QED) is 0.383. The van der Waals surface area contributed by atoms with E-state index in [4.69, 9.17) is 12.2 Å². The van der Waals surface area contributed by atoms with E-state index in [9.17, 15) is 0 Å². The Balaban J connectivity index is 2.34. The van der Waals surface area contributed by atoms with Crippen LogP contribution in [0.2, 0.25) is 0 Å². The highest BCUT2D eigenvalue weighted by atomic mass is 32.1. The van der Waals surface area contributed by atoms with E-state index in [1.165, 1.54) is 44.1 Å². The fraction of sp³-hybridized carbons (Fsp3) is 0.533. The molecule has 0 fully saturated rings. The van der Waals surface area contributed by atoms with Crippen LogP contribution in [0.15, 0.2) is 24.3 Å². The summed E-state index contributed by atoms with van der Waals surface area (Å²) in [5.41, 5.74) is 2.49. The van der Waals surface area contributed by atoms with Crippen molar-refractivity contribution in [1.82, 2.24) is 0 Å². The Hall–Kier alpha value is -0.340. The summed E-state index contributed by atoms with van der Waals surface area (Å²) in [6.45, 7) is 2.25. The SMILES string of the molecule is CCCCCCCCc1ccccc1C(=S)S. The van der Waals surface area contributed by atoms with Gasteiger partial charge >= 0.3 is 0 Å². The molecule has 17 heavy (non-hydrogen) atoms. The summed E-state index contributed by atoms with van der Waals surface area (Å²) in [5, 5.41) is 0. The van der Waals surface area contributed by atoms with Crippen molar-refractivity contribution in [3.8, 4) is 0 Å². The summed E-state index contributed by atoms with van der Waals surface area (Å²) in [6, 6.07) is 8.36. The number of aryl methyl sites for hydroxylation is 1. The highest BCUT2D eigenvalue weighted by Crippen LogP contribution is 2.16. The van der Waals surface area contributed by atoms with E-state index in [1.807, 2.05) is 6.07 Å². The second-order valence-electron chi connectivity index (χ2n) is 4.48. The van der Waals surface area contributed by atoms with Crippen LogP contribution in [0, 0.1) is 0 Å². The molecule has 0 aliphatic rings. The van der Waals surface area contributed by atoms with Gasteiger partial charge in [-0.2, -0.15) is 0 Å². The van der Waals surface area contributed by atoms with Crippen molar-refractivity contribution in [3.05, 3.63) is 35.4 Å². The monoisotopic (exact) mass is 266 g/mol. The van der Waals surface area contributed by atoms with Crippen LogP contribution in [0.3, 0.4) is 0 Å². The average molecular weight is 266 g/mol. The topological polar surface area (TPSA) is 0 Å². The molecule has 1 rings (SSSR count). The molecule has 2 heteroatoms. The normalized spacial score (nSPS) is 10.5. The number of thiol groups is 1. The fourth-order valence-electron chi connectivity index (χ4n) is 2.04. The minimum Gasteiger partial charge on any atom is -0.131 e. The minimum absolute atomic E-state index is 0.714. The van der Waals surface area contributed by atoms with Gasteiger partial charge in [-0.15, -0.1) is 12.6 Å². The Labute approximate surface area is 116 Å². The van der Waals surface area contributed by atoms with Crippen LogP contribution in [0.4, 0.5) is 0 Å². The number of rotatable bonds is 8. The number of hydrogen-bond acceptors (Lipinski definition) is 1.